The van der Waals surface area contributed by atoms with E-state index in [0.717, 1.165) is 18.7 Å². The molecule has 26 heavy (non-hydrogen) atoms. The maximum Gasteiger partial charge on any atom is 0.266 e. The van der Waals surface area contributed by atoms with E-state index >= 15 is 0 Å². The van der Waals surface area contributed by atoms with Crippen LogP contribution in [0.5, 0.6) is 0 Å². The number of carbonyl (C=O) groups excluding carboxylic acids is 1. The standard InChI is InChI=1S/C18H13ClN4O2S/c1-9-14-17(22-13-3-2-6-23(13)18(14)25)26-15(9)16(24)21-11-5-4-10(8-20)12(19)7-11/h4-5,7H,2-3,6H2,1H3,(H,21,24). The smallest absolute Gasteiger partial charge is 0.266 e. The third-order valence-corrected chi connectivity index (χ3v) is 5.96. The largest absolute Gasteiger partial charge is 0.321 e. The summed E-state index contributed by atoms with van der Waals surface area (Å²) in [6, 6.07) is 6.67. The average Bonchev–Trinajstić information content (AvgIpc) is 3.20. The first-order valence-electron chi connectivity index (χ1n) is 8.03. The monoisotopic (exact) mass is 384 g/mol. The first-order valence-corrected chi connectivity index (χ1v) is 9.23. The number of hydrogen-bond donors (Lipinski definition) is 1. The molecule has 4 rings (SSSR count). The van der Waals surface area contributed by atoms with Gasteiger partial charge in [-0.25, -0.2) is 4.98 Å². The van der Waals surface area contributed by atoms with Crippen molar-refractivity contribution >= 4 is 44.7 Å². The quantitative estimate of drug-likeness (QED) is 0.732. The van der Waals surface area contributed by atoms with Crippen molar-refractivity contribution in [3.05, 3.63) is 55.4 Å². The van der Waals surface area contributed by atoms with Gasteiger partial charge in [-0.1, -0.05) is 11.6 Å². The third-order valence-electron chi connectivity index (χ3n) is 4.47. The van der Waals surface area contributed by atoms with Crippen LogP contribution in [-0.2, 0) is 13.0 Å². The lowest BCUT2D eigenvalue weighted by Crippen LogP contribution is -2.20. The number of nitrogens with one attached hydrogen (secondary N) is 1. The number of benzene rings is 1. The Labute approximate surface area is 157 Å². The van der Waals surface area contributed by atoms with E-state index < -0.39 is 0 Å². The van der Waals surface area contributed by atoms with Gasteiger partial charge in [0.1, 0.15) is 16.7 Å². The highest BCUT2D eigenvalue weighted by Crippen LogP contribution is 2.29. The van der Waals surface area contributed by atoms with E-state index in [1.165, 1.54) is 17.4 Å². The van der Waals surface area contributed by atoms with E-state index in [1.54, 1.807) is 23.6 Å². The second-order valence-electron chi connectivity index (χ2n) is 6.09. The number of rotatable bonds is 2. The Balaban J connectivity index is 1.73. The molecular formula is C18H13ClN4O2S. The fourth-order valence-electron chi connectivity index (χ4n) is 3.16. The minimum Gasteiger partial charge on any atom is -0.321 e. The van der Waals surface area contributed by atoms with Crippen LogP contribution in [0.25, 0.3) is 10.2 Å². The van der Waals surface area contributed by atoms with E-state index in [1.807, 2.05) is 6.07 Å². The van der Waals surface area contributed by atoms with Crippen LogP contribution >= 0.6 is 22.9 Å². The summed E-state index contributed by atoms with van der Waals surface area (Å²) >= 11 is 7.23. The van der Waals surface area contributed by atoms with Crippen molar-refractivity contribution in [1.82, 2.24) is 9.55 Å². The van der Waals surface area contributed by atoms with Crippen LogP contribution in [-0.4, -0.2) is 15.5 Å². The van der Waals surface area contributed by atoms with Crippen molar-refractivity contribution < 1.29 is 4.79 Å². The summed E-state index contributed by atoms with van der Waals surface area (Å²) in [5.41, 5.74) is 1.40. The lowest BCUT2D eigenvalue weighted by atomic mass is 10.2. The SMILES string of the molecule is Cc1c(C(=O)Nc2ccc(C#N)c(Cl)c2)sc2nc3n(c(=O)c12)CCC3. The van der Waals surface area contributed by atoms with Crippen molar-refractivity contribution in [2.45, 2.75) is 26.3 Å². The topological polar surface area (TPSA) is 87.8 Å². The molecule has 8 heteroatoms. The number of aromatic nitrogens is 2. The molecule has 1 aliphatic heterocycles. The maximum atomic E-state index is 12.7. The van der Waals surface area contributed by atoms with Gasteiger partial charge in [0.25, 0.3) is 11.5 Å². The Morgan fingerprint density at radius 3 is 3.00 bits per heavy atom. The fourth-order valence-corrected chi connectivity index (χ4v) is 4.47. The first kappa shape index (κ1) is 16.8. The Kier molecular flexibility index (Phi) is 4.02. The lowest BCUT2D eigenvalue weighted by Gasteiger charge is -2.05. The molecule has 130 valence electrons. The summed E-state index contributed by atoms with van der Waals surface area (Å²) in [4.78, 5) is 31.0. The highest BCUT2D eigenvalue weighted by molar-refractivity contribution is 7.20. The number of nitriles is 1. The average molecular weight is 385 g/mol. The number of nitrogens with zero attached hydrogens (tertiary/aromatic N) is 3. The second-order valence-corrected chi connectivity index (χ2v) is 7.49. The lowest BCUT2D eigenvalue weighted by molar-refractivity contribution is 0.103. The van der Waals surface area contributed by atoms with Gasteiger partial charge in [-0.05, 0) is 37.1 Å². The Morgan fingerprint density at radius 1 is 1.46 bits per heavy atom. The molecule has 2 aromatic heterocycles. The number of anilines is 1. The number of halogens is 1. The van der Waals surface area contributed by atoms with Gasteiger partial charge < -0.3 is 5.32 Å². The molecule has 1 N–H and O–H groups in total. The van der Waals surface area contributed by atoms with Gasteiger partial charge in [0.15, 0.2) is 0 Å². The second kappa shape index (κ2) is 6.24. The van der Waals surface area contributed by atoms with Gasteiger partial charge in [0.05, 0.1) is 20.8 Å². The summed E-state index contributed by atoms with van der Waals surface area (Å²) < 4.78 is 1.70. The number of fused-ring (bicyclic) bond motifs is 2. The molecule has 0 fully saturated rings. The minimum absolute atomic E-state index is 0.0725. The molecule has 0 bridgehead atoms. The predicted octanol–water partition coefficient (Wildman–Crippen LogP) is 3.49. The molecule has 0 spiro atoms. The van der Waals surface area contributed by atoms with Crippen molar-refractivity contribution in [1.29, 1.82) is 5.26 Å². The third kappa shape index (κ3) is 2.59. The van der Waals surface area contributed by atoms with E-state index in [0.29, 0.717) is 38.5 Å². The zero-order chi connectivity index (χ0) is 18.4. The van der Waals surface area contributed by atoms with E-state index in [9.17, 15) is 9.59 Å². The molecule has 1 amide bonds. The zero-order valence-corrected chi connectivity index (χ0v) is 15.4. The summed E-state index contributed by atoms with van der Waals surface area (Å²) in [5.74, 6) is 0.463. The molecule has 0 atom stereocenters. The Bertz CT molecular complexity index is 1170. The van der Waals surface area contributed by atoms with Gasteiger partial charge in [0.2, 0.25) is 0 Å². The predicted molar refractivity (Wildman–Crippen MR) is 101 cm³/mol. The molecular weight excluding hydrogens is 372 g/mol. The van der Waals surface area contributed by atoms with Crippen LogP contribution < -0.4 is 10.9 Å². The van der Waals surface area contributed by atoms with E-state index in [2.05, 4.69) is 10.3 Å². The van der Waals surface area contributed by atoms with Gasteiger partial charge in [-0.15, -0.1) is 11.3 Å². The van der Waals surface area contributed by atoms with Crippen molar-refractivity contribution in [2.75, 3.05) is 5.32 Å². The Morgan fingerprint density at radius 2 is 2.27 bits per heavy atom. The number of carbonyl (C=O) groups is 1. The van der Waals surface area contributed by atoms with Crippen LogP contribution in [0.15, 0.2) is 23.0 Å². The van der Waals surface area contributed by atoms with Crippen LogP contribution in [0.2, 0.25) is 5.02 Å². The molecule has 0 unspecified atom stereocenters. The van der Waals surface area contributed by atoms with Crippen LogP contribution in [0.3, 0.4) is 0 Å². The normalized spacial score (nSPS) is 12.8. The molecule has 0 radical (unpaired) electrons. The number of aryl methyl sites for hydroxylation is 2. The zero-order valence-electron chi connectivity index (χ0n) is 13.8. The first-order chi connectivity index (χ1) is 12.5. The summed E-state index contributed by atoms with van der Waals surface area (Å²) in [6.07, 6.45) is 1.71. The molecule has 3 aromatic rings. The Hall–Kier alpha value is -2.69. The fraction of sp³-hybridized carbons (Fsp3) is 0.222. The molecule has 0 saturated carbocycles. The molecule has 1 aliphatic rings. The van der Waals surface area contributed by atoms with Crippen molar-refractivity contribution in [2.24, 2.45) is 0 Å². The maximum absolute atomic E-state index is 12.7. The van der Waals surface area contributed by atoms with E-state index in [-0.39, 0.29) is 16.5 Å². The van der Waals surface area contributed by atoms with Crippen molar-refractivity contribution in [3.8, 4) is 6.07 Å². The van der Waals surface area contributed by atoms with Crippen LogP contribution in [0, 0.1) is 18.3 Å². The molecule has 6 nitrogen and oxygen atoms in total. The van der Waals surface area contributed by atoms with Crippen LogP contribution in [0.1, 0.15) is 33.0 Å². The molecule has 0 saturated heterocycles. The highest BCUT2D eigenvalue weighted by Gasteiger charge is 2.23. The van der Waals surface area contributed by atoms with Crippen LogP contribution in [0.4, 0.5) is 5.69 Å². The van der Waals surface area contributed by atoms with Crippen molar-refractivity contribution in [3.63, 3.8) is 0 Å². The number of thiophene rings is 1. The minimum atomic E-state index is -0.323. The summed E-state index contributed by atoms with van der Waals surface area (Å²) in [7, 11) is 0. The molecule has 1 aromatic carbocycles. The van der Waals surface area contributed by atoms with Gasteiger partial charge >= 0.3 is 0 Å². The molecule has 0 aliphatic carbocycles. The van der Waals surface area contributed by atoms with E-state index in [4.69, 9.17) is 16.9 Å². The number of amides is 1. The van der Waals surface area contributed by atoms with Gasteiger partial charge in [0, 0.05) is 18.7 Å². The van der Waals surface area contributed by atoms with Gasteiger partial charge in [-0.3, -0.25) is 14.2 Å². The summed E-state index contributed by atoms with van der Waals surface area (Å²) in [5, 5.41) is 12.5. The number of hydrogen-bond acceptors (Lipinski definition) is 5. The highest BCUT2D eigenvalue weighted by atomic mass is 35.5. The molecule has 3 heterocycles. The van der Waals surface area contributed by atoms with Gasteiger partial charge in [-0.2, -0.15) is 5.26 Å². The summed E-state index contributed by atoms with van der Waals surface area (Å²) in [6.45, 7) is 2.45.